The van der Waals surface area contributed by atoms with E-state index in [2.05, 4.69) is 15.4 Å². The number of aromatic nitrogens is 2. The van der Waals surface area contributed by atoms with Crippen molar-refractivity contribution in [3.8, 4) is 0 Å². The molecule has 0 saturated heterocycles. The summed E-state index contributed by atoms with van der Waals surface area (Å²) in [6, 6.07) is 7.49. The Bertz CT molecular complexity index is 618. The van der Waals surface area contributed by atoms with Gasteiger partial charge < -0.3 is 10.3 Å². The highest BCUT2D eigenvalue weighted by molar-refractivity contribution is 6.37. The van der Waals surface area contributed by atoms with Gasteiger partial charge in [0.05, 0.1) is 22.3 Å². The molecule has 106 valence electrons. The standard InChI is InChI=1S/C13H15Cl2N5/c1-8-4-3-5-9(17-8)7-20(2)13-11(15)6-10(14)12(18-13)19-16/h3-6H,7,16H2,1-2H3,(H,18,19). The SMILES string of the molecule is Cc1cccc(CN(C)c2nc(NN)c(Cl)cc2Cl)n1. The molecule has 0 atom stereocenters. The van der Waals surface area contributed by atoms with E-state index < -0.39 is 0 Å². The fraction of sp³-hybridized carbons (Fsp3) is 0.231. The van der Waals surface area contributed by atoms with E-state index in [9.17, 15) is 0 Å². The Balaban J connectivity index is 2.27. The number of halogens is 2. The van der Waals surface area contributed by atoms with E-state index >= 15 is 0 Å². The molecule has 0 saturated carbocycles. The van der Waals surface area contributed by atoms with E-state index in [1.165, 1.54) is 0 Å². The quantitative estimate of drug-likeness (QED) is 0.671. The third-order valence-corrected chi connectivity index (χ3v) is 3.32. The number of nitrogen functional groups attached to an aromatic ring is 1. The van der Waals surface area contributed by atoms with Crippen molar-refractivity contribution >= 4 is 34.8 Å². The van der Waals surface area contributed by atoms with E-state index in [0.717, 1.165) is 11.4 Å². The molecule has 0 aliphatic rings. The molecule has 0 aromatic carbocycles. The summed E-state index contributed by atoms with van der Waals surface area (Å²) in [5, 5.41) is 0.840. The summed E-state index contributed by atoms with van der Waals surface area (Å²) < 4.78 is 0. The third-order valence-electron chi connectivity index (χ3n) is 2.75. The van der Waals surface area contributed by atoms with Gasteiger partial charge in [0.15, 0.2) is 5.82 Å². The molecule has 2 heterocycles. The molecule has 0 fully saturated rings. The number of nitrogens with one attached hydrogen (secondary N) is 1. The molecule has 0 aliphatic carbocycles. The van der Waals surface area contributed by atoms with Gasteiger partial charge in [0.1, 0.15) is 5.82 Å². The number of hydrazine groups is 1. The van der Waals surface area contributed by atoms with Gasteiger partial charge in [0.25, 0.3) is 0 Å². The lowest BCUT2D eigenvalue weighted by Crippen LogP contribution is -2.20. The minimum atomic E-state index is 0.378. The lowest BCUT2D eigenvalue weighted by Gasteiger charge is -2.20. The van der Waals surface area contributed by atoms with Crippen molar-refractivity contribution in [2.45, 2.75) is 13.5 Å². The van der Waals surface area contributed by atoms with E-state index in [-0.39, 0.29) is 0 Å². The predicted molar refractivity (Wildman–Crippen MR) is 83.1 cm³/mol. The largest absolute Gasteiger partial charge is 0.352 e. The lowest BCUT2D eigenvalue weighted by molar-refractivity contribution is 0.859. The number of hydrogen-bond donors (Lipinski definition) is 2. The Morgan fingerprint density at radius 2 is 2.00 bits per heavy atom. The van der Waals surface area contributed by atoms with E-state index in [0.29, 0.717) is 28.2 Å². The summed E-state index contributed by atoms with van der Waals surface area (Å²) in [6.45, 7) is 2.54. The molecular weight excluding hydrogens is 297 g/mol. The van der Waals surface area contributed by atoms with Crippen LogP contribution in [-0.2, 0) is 6.54 Å². The first-order chi connectivity index (χ1) is 9.51. The maximum absolute atomic E-state index is 6.17. The van der Waals surface area contributed by atoms with Crippen molar-refractivity contribution in [2.75, 3.05) is 17.4 Å². The second kappa shape index (κ2) is 6.26. The highest BCUT2D eigenvalue weighted by atomic mass is 35.5. The first kappa shape index (κ1) is 14.8. The second-order valence-corrected chi connectivity index (χ2v) is 5.21. The number of nitrogens with two attached hydrogens (primary N) is 1. The van der Waals surface area contributed by atoms with Gasteiger partial charge in [-0.2, -0.15) is 0 Å². The molecule has 20 heavy (non-hydrogen) atoms. The van der Waals surface area contributed by atoms with E-state index in [1.807, 2.05) is 37.1 Å². The van der Waals surface area contributed by atoms with Crippen LogP contribution in [0.25, 0.3) is 0 Å². The maximum Gasteiger partial charge on any atom is 0.161 e. The molecule has 2 rings (SSSR count). The maximum atomic E-state index is 6.17. The van der Waals surface area contributed by atoms with Crippen LogP contribution in [0.15, 0.2) is 24.3 Å². The molecule has 2 aromatic heterocycles. The molecule has 0 amide bonds. The summed E-state index contributed by atoms with van der Waals surface area (Å²) in [7, 11) is 1.88. The molecule has 0 aliphatic heterocycles. The van der Waals surface area contributed by atoms with Crippen LogP contribution >= 0.6 is 23.2 Å². The smallest absolute Gasteiger partial charge is 0.161 e. The van der Waals surface area contributed by atoms with Gasteiger partial charge in [-0.05, 0) is 25.1 Å². The van der Waals surface area contributed by atoms with Gasteiger partial charge in [-0.25, -0.2) is 10.8 Å². The molecule has 3 N–H and O–H groups in total. The minimum absolute atomic E-state index is 0.378. The number of nitrogens with zero attached hydrogens (tertiary/aromatic N) is 3. The van der Waals surface area contributed by atoms with Crippen molar-refractivity contribution in [3.63, 3.8) is 0 Å². The average Bonchev–Trinajstić information content (AvgIpc) is 2.38. The summed E-state index contributed by atoms with van der Waals surface area (Å²) in [4.78, 5) is 10.6. The molecule has 0 spiro atoms. The van der Waals surface area contributed by atoms with Crippen molar-refractivity contribution < 1.29 is 0 Å². The summed E-state index contributed by atoms with van der Waals surface area (Å²) in [5.74, 6) is 6.35. The minimum Gasteiger partial charge on any atom is -0.352 e. The van der Waals surface area contributed by atoms with Gasteiger partial charge in [-0.1, -0.05) is 29.3 Å². The van der Waals surface area contributed by atoms with E-state index in [4.69, 9.17) is 29.0 Å². The average molecular weight is 312 g/mol. The van der Waals surface area contributed by atoms with Gasteiger partial charge in [-0.3, -0.25) is 4.98 Å². The zero-order chi connectivity index (χ0) is 14.7. The first-order valence-corrected chi connectivity index (χ1v) is 6.73. The highest BCUT2D eigenvalue weighted by Crippen LogP contribution is 2.31. The van der Waals surface area contributed by atoms with Crippen molar-refractivity contribution in [2.24, 2.45) is 5.84 Å². The number of hydrogen-bond acceptors (Lipinski definition) is 5. The molecule has 2 aromatic rings. The predicted octanol–water partition coefficient (Wildman–Crippen LogP) is 3.01. The first-order valence-electron chi connectivity index (χ1n) is 5.97. The number of anilines is 2. The molecule has 0 unspecified atom stereocenters. The Hall–Kier alpha value is -1.56. The summed E-state index contributed by atoms with van der Waals surface area (Å²) in [5.41, 5.74) is 4.35. The van der Waals surface area contributed by atoms with Crippen LogP contribution in [0.4, 0.5) is 11.6 Å². The van der Waals surface area contributed by atoms with Crippen LogP contribution in [0.5, 0.6) is 0 Å². The molecule has 7 heteroatoms. The molecular formula is C13H15Cl2N5. The van der Waals surface area contributed by atoms with Crippen LogP contribution in [0.3, 0.4) is 0 Å². The van der Waals surface area contributed by atoms with Crippen molar-refractivity contribution in [3.05, 3.63) is 45.7 Å². The van der Waals surface area contributed by atoms with Crippen molar-refractivity contribution in [1.82, 2.24) is 9.97 Å². The van der Waals surface area contributed by atoms with Crippen molar-refractivity contribution in [1.29, 1.82) is 0 Å². The topological polar surface area (TPSA) is 67.1 Å². The van der Waals surface area contributed by atoms with Gasteiger partial charge in [0, 0.05) is 12.7 Å². The fourth-order valence-electron chi connectivity index (χ4n) is 1.83. The Kier molecular flexibility index (Phi) is 4.65. The summed E-state index contributed by atoms with van der Waals surface area (Å²) >= 11 is 12.1. The Labute approximate surface area is 127 Å². The van der Waals surface area contributed by atoms with E-state index in [1.54, 1.807) is 6.07 Å². The zero-order valence-corrected chi connectivity index (χ0v) is 12.7. The third kappa shape index (κ3) is 3.30. The number of aryl methyl sites for hydroxylation is 1. The fourth-order valence-corrected chi connectivity index (χ4v) is 2.39. The van der Waals surface area contributed by atoms with Crippen LogP contribution in [-0.4, -0.2) is 17.0 Å². The lowest BCUT2D eigenvalue weighted by atomic mass is 10.3. The second-order valence-electron chi connectivity index (χ2n) is 4.39. The van der Waals surface area contributed by atoms with Gasteiger partial charge >= 0.3 is 0 Å². The molecule has 5 nitrogen and oxygen atoms in total. The number of pyridine rings is 2. The van der Waals surface area contributed by atoms with Crippen LogP contribution in [0.2, 0.25) is 10.0 Å². The van der Waals surface area contributed by atoms with Crippen LogP contribution < -0.4 is 16.2 Å². The number of rotatable bonds is 4. The monoisotopic (exact) mass is 311 g/mol. The van der Waals surface area contributed by atoms with Gasteiger partial charge in [-0.15, -0.1) is 0 Å². The molecule has 0 bridgehead atoms. The Morgan fingerprint density at radius 3 is 2.65 bits per heavy atom. The normalized spacial score (nSPS) is 10.4. The highest BCUT2D eigenvalue weighted by Gasteiger charge is 2.13. The zero-order valence-electron chi connectivity index (χ0n) is 11.2. The summed E-state index contributed by atoms with van der Waals surface area (Å²) in [6.07, 6.45) is 0. The van der Waals surface area contributed by atoms with Gasteiger partial charge in [0.2, 0.25) is 0 Å². The van der Waals surface area contributed by atoms with Crippen LogP contribution in [0, 0.1) is 6.92 Å². The molecule has 0 radical (unpaired) electrons. The van der Waals surface area contributed by atoms with Crippen LogP contribution in [0.1, 0.15) is 11.4 Å². The Morgan fingerprint density at radius 1 is 1.25 bits per heavy atom.